The van der Waals surface area contributed by atoms with E-state index in [0.29, 0.717) is 35.7 Å². The number of benzene rings is 2. The summed E-state index contributed by atoms with van der Waals surface area (Å²) in [4.78, 5) is 24.9. The number of Topliss-reactive ketones (excluding diaryl/α,β-unsaturated/α-hetero) is 1. The minimum absolute atomic E-state index is 0.00541. The van der Waals surface area contributed by atoms with Gasteiger partial charge in [0.05, 0.1) is 10.5 Å². The molecule has 2 aromatic carbocycles. The van der Waals surface area contributed by atoms with Gasteiger partial charge < -0.3 is 14.2 Å². The van der Waals surface area contributed by atoms with Crippen LogP contribution in [-0.4, -0.2) is 51.0 Å². The van der Waals surface area contributed by atoms with Crippen LogP contribution in [0.1, 0.15) is 40.1 Å². The summed E-state index contributed by atoms with van der Waals surface area (Å²) < 4.78 is 42.3. The minimum Gasteiger partial charge on any atom is -0.454 e. The Morgan fingerprint density at radius 1 is 1.03 bits per heavy atom. The Labute approximate surface area is 175 Å². The van der Waals surface area contributed by atoms with E-state index in [2.05, 4.69) is 0 Å². The van der Waals surface area contributed by atoms with E-state index in [0.717, 1.165) is 0 Å². The molecule has 0 amide bonds. The molecule has 2 aromatic rings. The van der Waals surface area contributed by atoms with Crippen LogP contribution in [0.3, 0.4) is 0 Å². The lowest BCUT2D eigenvalue weighted by Crippen LogP contribution is -2.30. The lowest BCUT2D eigenvalue weighted by molar-refractivity contribution is 0.0473. The number of ether oxygens (including phenoxy) is 3. The molecule has 0 saturated carbocycles. The lowest BCUT2D eigenvalue weighted by Gasteiger charge is -2.19. The van der Waals surface area contributed by atoms with Gasteiger partial charge in [0.2, 0.25) is 16.8 Å². The van der Waals surface area contributed by atoms with Crippen molar-refractivity contribution in [3.8, 4) is 11.5 Å². The van der Waals surface area contributed by atoms with Gasteiger partial charge in [0.1, 0.15) is 0 Å². The van der Waals surface area contributed by atoms with E-state index in [9.17, 15) is 18.0 Å². The zero-order valence-electron chi connectivity index (χ0n) is 17.0. The van der Waals surface area contributed by atoms with Gasteiger partial charge in [0, 0.05) is 18.7 Å². The lowest BCUT2D eigenvalue weighted by atomic mass is 10.1. The molecule has 3 rings (SSSR count). The van der Waals surface area contributed by atoms with Crippen LogP contribution in [0.4, 0.5) is 0 Å². The number of ketones is 1. The number of hydrogen-bond donors (Lipinski definition) is 0. The highest BCUT2D eigenvalue weighted by molar-refractivity contribution is 7.89. The predicted molar refractivity (Wildman–Crippen MR) is 108 cm³/mol. The summed E-state index contributed by atoms with van der Waals surface area (Å²) in [5, 5.41) is 0. The average Bonchev–Trinajstić information content (AvgIpc) is 3.20. The van der Waals surface area contributed by atoms with Crippen molar-refractivity contribution in [2.75, 3.05) is 26.5 Å². The Morgan fingerprint density at radius 2 is 1.73 bits per heavy atom. The van der Waals surface area contributed by atoms with Crippen molar-refractivity contribution in [2.45, 2.75) is 25.7 Å². The second-order valence-corrected chi connectivity index (χ2v) is 8.57. The number of sulfonamides is 1. The molecule has 0 radical (unpaired) electrons. The van der Waals surface area contributed by atoms with Gasteiger partial charge >= 0.3 is 5.97 Å². The molecule has 1 aliphatic heterocycles. The first-order valence-electron chi connectivity index (χ1n) is 9.48. The van der Waals surface area contributed by atoms with Crippen molar-refractivity contribution in [2.24, 2.45) is 0 Å². The maximum absolute atomic E-state index is 12.7. The van der Waals surface area contributed by atoms with Crippen LogP contribution in [-0.2, 0) is 14.8 Å². The third-order valence-electron chi connectivity index (χ3n) is 4.80. The maximum Gasteiger partial charge on any atom is 0.338 e. The summed E-state index contributed by atoms with van der Waals surface area (Å²) in [7, 11) is -3.72. The van der Waals surface area contributed by atoms with Crippen LogP contribution in [0.25, 0.3) is 0 Å². The SMILES string of the molecule is CCN(CC)S(=O)(=O)c1ccc(C)c(C(=O)OCC(=O)c2ccc3c(c2)OCO3)c1. The quantitative estimate of drug-likeness (QED) is 0.466. The Bertz CT molecular complexity index is 1070. The van der Waals surface area contributed by atoms with Gasteiger partial charge in [-0.3, -0.25) is 4.79 Å². The number of fused-ring (bicyclic) bond motifs is 1. The van der Waals surface area contributed by atoms with Crippen LogP contribution in [0.5, 0.6) is 11.5 Å². The normalized spacial score (nSPS) is 12.8. The molecular weight excluding hydrogens is 410 g/mol. The van der Waals surface area contributed by atoms with Gasteiger partial charge in [-0.2, -0.15) is 4.31 Å². The Balaban J connectivity index is 1.74. The summed E-state index contributed by atoms with van der Waals surface area (Å²) >= 11 is 0. The highest BCUT2D eigenvalue weighted by atomic mass is 32.2. The van der Waals surface area contributed by atoms with Crippen LogP contribution < -0.4 is 9.47 Å². The highest BCUT2D eigenvalue weighted by Gasteiger charge is 2.24. The molecule has 0 aliphatic carbocycles. The number of carbonyl (C=O) groups is 2. The van der Waals surface area contributed by atoms with Crippen molar-refractivity contribution in [3.63, 3.8) is 0 Å². The number of rotatable bonds is 8. The molecule has 160 valence electrons. The number of carbonyl (C=O) groups excluding carboxylic acids is 2. The third kappa shape index (κ3) is 4.31. The molecule has 9 heteroatoms. The van der Waals surface area contributed by atoms with Gasteiger partial charge in [0.25, 0.3) is 0 Å². The second-order valence-electron chi connectivity index (χ2n) is 6.63. The molecule has 0 N–H and O–H groups in total. The fourth-order valence-corrected chi connectivity index (χ4v) is 4.54. The van der Waals surface area contributed by atoms with E-state index in [1.54, 1.807) is 39.0 Å². The van der Waals surface area contributed by atoms with Crippen molar-refractivity contribution in [3.05, 3.63) is 53.1 Å². The first-order chi connectivity index (χ1) is 14.3. The standard InChI is InChI=1S/C21H23NO7S/c1-4-22(5-2)30(25,26)16-8-6-14(3)17(11-16)21(24)27-12-18(23)15-7-9-19-20(10-15)29-13-28-19/h6-11H,4-5,12-13H2,1-3H3. The number of hydrogen-bond acceptors (Lipinski definition) is 7. The molecule has 1 heterocycles. The molecule has 0 bridgehead atoms. The Kier molecular flexibility index (Phi) is 6.42. The van der Waals surface area contributed by atoms with E-state index < -0.39 is 28.4 Å². The number of esters is 1. The monoisotopic (exact) mass is 433 g/mol. The first-order valence-corrected chi connectivity index (χ1v) is 10.9. The van der Waals surface area contributed by atoms with Crippen molar-refractivity contribution in [1.82, 2.24) is 4.31 Å². The first kappa shape index (κ1) is 21.8. The van der Waals surface area contributed by atoms with Gasteiger partial charge in [-0.1, -0.05) is 19.9 Å². The van der Waals surface area contributed by atoms with Crippen LogP contribution in [0.15, 0.2) is 41.3 Å². The summed E-state index contributed by atoms with van der Waals surface area (Å²) in [6.45, 7) is 5.40. The molecule has 0 aromatic heterocycles. The Hall–Kier alpha value is -2.91. The average molecular weight is 433 g/mol. The van der Waals surface area contributed by atoms with E-state index >= 15 is 0 Å². The molecule has 0 fully saturated rings. The number of aryl methyl sites for hydroxylation is 1. The van der Waals surface area contributed by atoms with Crippen molar-refractivity contribution in [1.29, 1.82) is 0 Å². The van der Waals surface area contributed by atoms with E-state index in [-0.39, 0.29) is 17.3 Å². The van der Waals surface area contributed by atoms with E-state index in [1.807, 2.05) is 0 Å². The van der Waals surface area contributed by atoms with Gasteiger partial charge in [0.15, 0.2) is 23.9 Å². The fourth-order valence-electron chi connectivity index (χ4n) is 3.06. The second kappa shape index (κ2) is 8.85. The number of nitrogens with zero attached hydrogens (tertiary/aromatic N) is 1. The van der Waals surface area contributed by atoms with E-state index in [4.69, 9.17) is 14.2 Å². The van der Waals surface area contributed by atoms with Gasteiger partial charge in [-0.25, -0.2) is 13.2 Å². The maximum atomic E-state index is 12.7. The summed E-state index contributed by atoms with van der Waals surface area (Å²) in [6.07, 6.45) is 0. The molecule has 0 atom stereocenters. The van der Waals surface area contributed by atoms with Crippen molar-refractivity contribution < 1.29 is 32.2 Å². The Morgan fingerprint density at radius 3 is 2.43 bits per heavy atom. The topological polar surface area (TPSA) is 99.2 Å². The minimum atomic E-state index is -3.72. The highest BCUT2D eigenvalue weighted by Crippen LogP contribution is 2.32. The summed E-state index contributed by atoms with van der Waals surface area (Å²) in [5.41, 5.74) is 0.970. The third-order valence-corrected chi connectivity index (χ3v) is 6.85. The smallest absolute Gasteiger partial charge is 0.338 e. The molecular formula is C21H23NO7S. The molecule has 1 aliphatic rings. The fraction of sp³-hybridized carbons (Fsp3) is 0.333. The molecule has 0 saturated heterocycles. The zero-order chi connectivity index (χ0) is 21.9. The van der Waals surface area contributed by atoms with Crippen LogP contribution in [0, 0.1) is 6.92 Å². The molecule has 0 spiro atoms. The molecule has 8 nitrogen and oxygen atoms in total. The summed E-state index contributed by atoms with van der Waals surface area (Å²) in [6, 6.07) is 9.00. The summed E-state index contributed by atoms with van der Waals surface area (Å²) in [5.74, 6) is -0.174. The van der Waals surface area contributed by atoms with Crippen LogP contribution in [0.2, 0.25) is 0 Å². The largest absolute Gasteiger partial charge is 0.454 e. The van der Waals surface area contributed by atoms with Gasteiger partial charge in [-0.15, -0.1) is 0 Å². The zero-order valence-corrected chi connectivity index (χ0v) is 17.8. The van der Waals surface area contributed by atoms with Crippen LogP contribution >= 0.6 is 0 Å². The molecule has 30 heavy (non-hydrogen) atoms. The van der Waals surface area contributed by atoms with Gasteiger partial charge in [-0.05, 0) is 42.8 Å². The van der Waals surface area contributed by atoms with Crippen molar-refractivity contribution >= 4 is 21.8 Å². The van der Waals surface area contributed by atoms with E-state index in [1.165, 1.54) is 22.5 Å². The molecule has 0 unspecified atom stereocenters. The predicted octanol–water partition coefficient (Wildman–Crippen LogP) is 2.79.